The van der Waals surface area contributed by atoms with Gasteiger partial charge in [0.15, 0.2) is 12.6 Å². The summed E-state index contributed by atoms with van der Waals surface area (Å²) in [7, 11) is 0. The van der Waals surface area contributed by atoms with Gasteiger partial charge in [0.25, 0.3) is 5.91 Å². The number of amides is 1. The first-order valence-corrected chi connectivity index (χ1v) is 11.9. The number of rotatable bonds is 6. The molecule has 1 unspecified atom stereocenters. The van der Waals surface area contributed by atoms with E-state index in [-0.39, 0.29) is 31.1 Å². The number of hydrogen-bond acceptors (Lipinski definition) is 3. The average molecular weight is 456 g/mol. The lowest BCUT2D eigenvalue weighted by Gasteiger charge is -2.44. The number of ether oxygens (including phenoxy) is 1. The summed E-state index contributed by atoms with van der Waals surface area (Å²) in [5.74, 6) is -0.0953. The normalized spacial score (nSPS) is 20.4. The molecule has 0 N–H and O–H groups in total. The molecule has 1 atom stereocenters. The highest BCUT2D eigenvalue weighted by atomic mass is 35.5. The molecule has 170 valence electrons. The monoisotopic (exact) mass is 455 g/mol. The minimum Gasteiger partial charge on any atom is -0.457 e. The van der Waals surface area contributed by atoms with E-state index in [9.17, 15) is 9.59 Å². The molecule has 4 rings (SSSR count). The van der Waals surface area contributed by atoms with E-state index in [1.54, 1.807) is 0 Å². The number of anilines is 1. The largest absolute Gasteiger partial charge is 0.457 e. The number of nitrogens with zero attached hydrogens (tertiary/aromatic N) is 2. The Morgan fingerprint density at radius 2 is 1.75 bits per heavy atom. The Morgan fingerprint density at radius 1 is 1.09 bits per heavy atom. The van der Waals surface area contributed by atoms with Crippen molar-refractivity contribution in [1.29, 1.82) is 0 Å². The van der Waals surface area contributed by atoms with Gasteiger partial charge in [-0.15, -0.1) is 0 Å². The fraction of sp³-hybridized carbons (Fsp3) is 0.462. The van der Waals surface area contributed by atoms with Gasteiger partial charge in [-0.1, -0.05) is 41.9 Å². The molecule has 1 amide bonds. The second-order valence-electron chi connectivity index (χ2n) is 9.21. The number of benzene rings is 2. The van der Waals surface area contributed by atoms with Crippen molar-refractivity contribution < 1.29 is 18.8 Å². The number of carbonyl (C=O) groups excluding carboxylic acids is 2. The Balaban J connectivity index is 1.52. The fourth-order valence-electron chi connectivity index (χ4n) is 5.50. The van der Waals surface area contributed by atoms with Gasteiger partial charge in [-0.2, -0.15) is 0 Å². The number of esters is 1. The van der Waals surface area contributed by atoms with Crippen molar-refractivity contribution in [3.63, 3.8) is 0 Å². The molecule has 2 aromatic carbocycles. The maximum atomic E-state index is 13.8. The molecular formula is C26H32ClN2O3+. The van der Waals surface area contributed by atoms with Crippen LogP contribution in [0.15, 0.2) is 42.5 Å². The van der Waals surface area contributed by atoms with E-state index in [0.717, 1.165) is 61.2 Å². The molecule has 0 spiro atoms. The Kier molecular flexibility index (Phi) is 6.87. The number of carbonyl (C=O) groups is 2. The maximum Gasteiger partial charge on any atom is 0.362 e. The van der Waals surface area contributed by atoms with Crippen molar-refractivity contribution >= 4 is 29.2 Å². The van der Waals surface area contributed by atoms with Crippen LogP contribution in [-0.2, 0) is 20.9 Å². The standard InChI is InChI=1S/C26H32ClN2O3/c1-19-15-22(27)16-20(2)25(19)28-12-8-11-23(26(28)31)29(13-6-7-14-29)17-24(30)32-18-21-9-4-3-5-10-21/h3-5,9-10,15-16,23H,6-8,11-14,17-18H2,1-2H3/q+1. The minimum absolute atomic E-state index is 0.127. The van der Waals surface area contributed by atoms with Gasteiger partial charge in [-0.05, 0) is 49.1 Å². The van der Waals surface area contributed by atoms with E-state index in [1.807, 2.05) is 61.2 Å². The lowest BCUT2D eigenvalue weighted by molar-refractivity contribution is -0.925. The third-order valence-corrected chi connectivity index (χ3v) is 7.16. The van der Waals surface area contributed by atoms with Gasteiger partial charge in [0.1, 0.15) is 6.61 Å². The number of aryl methyl sites for hydroxylation is 2. The summed E-state index contributed by atoms with van der Waals surface area (Å²) in [4.78, 5) is 28.6. The third kappa shape index (κ3) is 4.69. The molecule has 2 aliphatic heterocycles. The van der Waals surface area contributed by atoms with Crippen molar-refractivity contribution in [2.75, 3.05) is 31.1 Å². The van der Waals surface area contributed by atoms with Gasteiger partial charge in [0.05, 0.1) is 13.1 Å². The van der Waals surface area contributed by atoms with E-state index in [4.69, 9.17) is 16.3 Å². The first-order chi connectivity index (χ1) is 15.4. The third-order valence-electron chi connectivity index (χ3n) is 6.94. The smallest absolute Gasteiger partial charge is 0.362 e. The maximum absolute atomic E-state index is 13.8. The minimum atomic E-state index is -0.223. The van der Waals surface area contributed by atoms with Crippen molar-refractivity contribution in [3.8, 4) is 0 Å². The highest BCUT2D eigenvalue weighted by Gasteiger charge is 2.49. The molecular weight excluding hydrogens is 424 g/mol. The Hall–Kier alpha value is -2.37. The Morgan fingerprint density at radius 3 is 2.41 bits per heavy atom. The number of quaternary nitrogens is 1. The zero-order chi connectivity index (χ0) is 22.7. The molecule has 2 saturated heterocycles. The first-order valence-electron chi connectivity index (χ1n) is 11.5. The molecule has 2 heterocycles. The Labute approximate surface area is 195 Å². The van der Waals surface area contributed by atoms with Crippen LogP contribution in [0.1, 0.15) is 42.4 Å². The predicted octanol–water partition coefficient (Wildman–Crippen LogP) is 4.81. The summed E-state index contributed by atoms with van der Waals surface area (Å²) in [5, 5.41) is 0.689. The van der Waals surface area contributed by atoms with Crippen LogP contribution in [-0.4, -0.2) is 48.6 Å². The lowest BCUT2D eigenvalue weighted by Crippen LogP contribution is -2.64. The van der Waals surface area contributed by atoms with Crippen LogP contribution >= 0.6 is 11.6 Å². The van der Waals surface area contributed by atoms with Crippen LogP contribution in [0, 0.1) is 13.8 Å². The second kappa shape index (κ2) is 9.63. The van der Waals surface area contributed by atoms with Crippen LogP contribution < -0.4 is 4.90 Å². The first kappa shape index (κ1) is 22.8. The van der Waals surface area contributed by atoms with Gasteiger partial charge in [-0.3, -0.25) is 4.79 Å². The molecule has 6 heteroatoms. The SMILES string of the molecule is Cc1cc(Cl)cc(C)c1N1CCCC([N+]2(CC(=O)OCc3ccccc3)CCCC2)C1=O. The quantitative estimate of drug-likeness (QED) is 0.464. The summed E-state index contributed by atoms with van der Waals surface area (Å²) in [5.41, 5.74) is 3.97. The van der Waals surface area contributed by atoms with Gasteiger partial charge < -0.3 is 14.1 Å². The fourth-order valence-corrected chi connectivity index (χ4v) is 5.83. The summed E-state index contributed by atoms with van der Waals surface area (Å²) in [6.07, 6.45) is 3.81. The molecule has 0 radical (unpaired) electrons. The van der Waals surface area contributed by atoms with Crippen molar-refractivity contribution in [1.82, 2.24) is 0 Å². The molecule has 0 aliphatic carbocycles. The Bertz CT molecular complexity index is 963. The van der Waals surface area contributed by atoms with Crippen molar-refractivity contribution in [2.45, 2.75) is 52.2 Å². The summed E-state index contributed by atoms with van der Waals surface area (Å²) in [6.45, 7) is 6.95. The highest BCUT2D eigenvalue weighted by Crippen LogP contribution is 2.35. The molecule has 32 heavy (non-hydrogen) atoms. The summed E-state index contributed by atoms with van der Waals surface area (Å²) in [6, 6.07) is 13.4. The van der Waals surface area contributed by atoms with E-state index >= 15 is 0 Å². The van der Waals surface area contributed by atoms with Crippen molar-refractivity contribution in [3.05, 3.63) is 64.2 Å². The highest BCUT2D eigenvalue weighted by molar-refractivity contribution is 6.30. The van der Waals surface area contributed by atoms with E-state index in [2.05, 4.69) is 0 Å². The second-order valence-corrected chi connectivity index (χ2v) is 9.65. The van der Waals surface area contributed by atoms with Crippen LogP contribution in [0.25, 0.3) is 0 Å². The van der Waals surface area contributed by atoms with Crippen LogP contribution in [0.3, 0.4) is 0 Å². The number of hydrogen-bond donors (Lipinski definition) is 0. The zero-order valence-corrected chi connectivity index (χ0v) is 19.7. The zero-order valence-electron chi connectivity index (χ0n) is 19.0. The summed E-state index contributed by atoms with van der Waals surface area (Å²) >= 11 is 6.23. The number of likely N-dealkylation sites (tertiary alicyclic amines) is 1. The van der Waals surface area contributed by atoms with E-state index in [1.165, 1.54) is 0 Å². The molecule has 0 aromatic heterocycles. The van der Waals surface area contributed by atoms with Crippen LogP contribution in [0.5, 0.6) is 0 Å². The van der Waals surface area contributed by atoms with Crippen molar-refractivity contribution in [2.24, 2.45) is 0 Å². The lowest BCUT2D eigenvalue weighted by atomic mass is 9.97. The van der Waals surface area contributed by atoms with Crippen LogP contribution in [0.4, 0.5) is 5.69 Å². The summed E-state index contributed by atoms with van der Waals surface area (Å²) < 4.78 is 6.13. The van der Waals surface area contributed by atoms with E-state index < -0.39 is 0 Å². The molecule has 5 nitrogen and oxygen atoms in total. The van der Waals surface area contributed by atoms with E-state index in [0.29, 0.717) is 16.1 Å². The van der Waals surface area contributed by atoms with Gasteiger partial charge in [0, 0.05) is 36.5 Å². The molecule has 2 fully saturated rings. The molecule has 0 bridgehead atoms. The number of halogens is 1. The molecule has 2 aliphatic rings. The average Bonchev–Trinajstić information content (AvgIpc) is 3.23. The topological polar surface area (TPSA) is 46.6 Å². The van der Waals surface area contributed by atoms with Gasteiger partial charge in [0.2, 0.25) is 0 Å². The van der Waals surface area contributed by atoms with Gasteiger partial charge >= 0.3 is 5.97 Å². The van der Waals surface area contributed by atoms with Gasteiger partial charge in [-0.25, -0.2) is 4.79 Å². The molecule has 2 aromatic rings. The number of piperidine rings is 1. The van der Waals surface area contributed by atoms with Crippen LogP contribution in [0.2, 0.25) is 5.02 Å². The predicted molar refractivity (Wildman–Crippen MR) is 127 cm³/mol. The molecule has 0 saturated carbocycles.